The van der Waals surface area contributed by atoms with Gasteiger partial charge in [-0.15, -0.1) is 0 Å². The van der Waals surface area contributed by atoms with Crippen LogP contribution in [0.4, 0.5) is 5.69 Å². The summed E-state index contributed by atoms with van der Waals surface area (Å²) in [6, 6.07) is 10.8. The summed E-state index contributed by atoms with van der Waals surface area (Å²) in [4.78, 5) is 47.7. The van der Waals surface area contributed by atoms with Crippen LogP contribution in [0.25, 0.3) is 0 Å². The van der Waals surface area contributed by atoms with Crippen molar-refractivity contribution in [3.8, 4) is 17.6 Å². The number of ether oxygens (including phenoxy) is 2. The van der Waals surface area contributed by atoms with Crippen molar-refractivity contribution < 1.29 is 44.0 Å². The van der Waals surface area contributed by atoms with E-state index in [1.165, 1.54) is 6.07 Å². The highest BCUT2D eigenvalue weighted by molar-refractivity contribution is 6.33. The van der Waals surface area contributed by atoms with E-state index in [9.17, 15) is 29.5 Å². The van der Waals surface area contributed by atoms with Gasteiger partial charge in [-0.05, 0) is 74.5 Å². The van der Waals surface area contributed by atoms with E-state index in [0.29, 0.717) is 81.0 Å². The molecule has 0 spiro atoms. The molecule has 0 bridgehead atoms. The molecule has 54 heavy (non-hydrogen) atoms. The van der Waals surface area contributed by atoms with Gasteiger partial charge in [-0.25, -0.2) is 14.6 Å². The highest BCUT2D eigenvalue weighted by atomic mass is 35.5. The molecule has 0 aromatic heterocycles. The Balaban J connectivity index is 0.000000730. The van der Waals surface area contributed by atoms with Gasteiger partial charge in [0.2, 0.25) is 11.8 Å². The van der Waals surface area contributed by atoms with E-state index >= 15 is 0 Å². The number of likely N-dealkylation sites (tertiary alicyclic amines) is 1. The number of carbonyl (C=O) groups excluding carboxylic acids is 2. The number of nitriles is 1. The van der Waals surface area contributed by atoms with Gasteiger partial charge in [0.1, 0.15) is 6.07 Å². The van der Waals surface area contributed by atoms with E-state index in [2.05, 4.69) is 17.5 Å². The number of hydrogen-bond donors (Lipinski definition) is 5. The lowest BCUT2D eigenvalue weighted by atomic mass is 9.76. The van der Waals surface area contributed by atoms with E-state index in [-0.39, 0.29) is 52.5 Å². The van der Waals surface area contributed by atoms with Crippen molar-refractivity contribution in [3.05, 3.63) is 76.3 Å². The number of aliphatic hydroxyl groups is 1. The van der Waals surface area contributed by atoms with Gasteiger partial charge in [0.05, 0.1) is 54.3 Å². The Morgan fingerprint density at radius 1 is 1.06 bits per heavy atom. The SMILES string of the molecule is COc1ccc(C2=NN(C3CCN(C(=O)CCCNCC(O)c4cc(Cl)c(N)c(C#N)c4)CC3)C(=O)[C@@H]3CC=CC[C@H]23)cc1OC.O=C(O)C=CC(=O)O. The highest BCUT2D eigenvalue weighted by Crippen LogP contribution is 2.38. The predicted molar refractivity (Wildman–Crippen MR) is 200 cm³/mol. The fourth-order valence-corrected chi connectivity index (χ4v) is 6.86. The minimum absolute atomic E-state index is 0.00236. The maximum atomic E-state index is 13.7. The minimum atomic E-state index is -1.26. The summed E-state index contributed by atoms with van der Waals surface area (Å²) >= 11 is 6.09. The van der Waals surface area contributed by atoms with Gasteiger partial charge in [0.25, 0.3) is 0 Å². The van der Waals surface area contributed by atoms with Gasteiger partial charge >= 0.3 is 11.9 Å². The number of nitrogens with two attached hydrogens (primary N) is 1. The third-order valence-electron chi connectivity index (χ3n) is 9.49. The first-order valence-electron chi connectivity index (χ1n) is 17.5. The number of hydrogen-bond acceptors (Lipinski definition) is 11. The molecule has 1 saturated heterocycles. The van der Waals surface area contributed by atoms with Gasteiger partial charge in [-0.2, -0.15) is 10.4 Å². The number of nitrogens with zero attached hydrogens (tertiary/aromatic N) is 4. The number of carboxylic acid groups (broad SMARTS) is 2. The molecule has 2 aliphatic heterocycles. The number of fused-ring (bicyclic) bond motifs is 1. The van der Waals surface area contributed by atoms with E-state index in [0.717, 1.165) is 17.7 Å². The number of amides is 2. The molecule has 1 aliphatic carbocycles. The molecule has 2 aromatic rings. The molecule has 3 aliphatic rings. The van der Waals surface area contributed by atoms with Gasteiger partial charge in [-0.1, -0.05) is 23.8 Å². The fourth-order valence-electron chi connectivity index (χ4n) is 6.63. The molecule has 1 fully saturated rings. The van der Waals surface area contributed by atoms with Crippen molar-refractivity contribution in [2.75, 3.05) is 46.1 Å². The van der Waals surface area contributed by atoms with Crippen molar-refractivity contribution in [2.24, 2.45) is 16.9 Å². The fraction of sp³-hybridized carbons (Fsp3) is 0.421. The number of carbonyl (C=O) groups is 4. The lowest BCUT2D eigenvalue weighted by Gasteiger charge is -2.42. The van der Waals surface area contributed by atoms with Gasteiger partial charge < -0.3 is 40.7 Å². The predicted octanol–water partition coefficient (Wildman–Crippen LogP) is 3.75. The van der Waals surface area contributed by atoms with Crippen LogP contribution in [-0.4, -0.2) is 101 Å². The normalized spacial score (nSPS) is 18.9. The number of halogens is 1. The molecule has 6 N–H and O–H groups in total. The van der Waals surface area contributed by atoms with Crippen LogP contribution in [-0.2, 0) is 19.2 Å². The lowest BCUT2D eigenvalue weighted by molar-refractivity contribution is -0.142. The van der Waals surface area contributed by atoms with E-state index in [1.807, 2.05) is 29.2 Å². The number of methoxy groups -OCH3 is 2. The zero-order valence-electron chi connectivity index (χ0n) is 30.1. The van der Waals surface area contributed by atoms with E-state index in [1.54, 1.807) is 25.3 Å². The quantitative estimate of drug-likeness (QED) is 0.0851. The Morgan fingerprint density at radius 3 is 2.31 bits per heavy atom. The van der Waals surface area contributed by atoms with Crippen LogP contribution in [0.15, 0.2) is 59.7 Å². The molecule has 0 radical (unpaired) electrons. The molecule has 5 rings (SSSR count). The summed E-state index contributed by atoms with van der Waals surface area (Å²) < 4.78 is 11.0. The first kappa shape index (κ1) is 41.3. The van der Waals surface area contributed by atoms with Crippen LogP contribution in [0, 0.1) is 23.2 Å². The Morgan fingerprint density at radius 2 is 1.70 bits per heavy atom. The number of rotatable bonds is 13. The zero-order valence-corrected chi connectivity index (χ0v) is 30.9. The minimum Gasteiger partial charge on any atom is -0.493 e. The van der Waals surface area contributed by atoms with Crippen molar-refractivity contribution >= 4 is 46.8 Å². The zero-order chi connectivity index (χ0) is 39.4. The molecule has 16 heteroatoms. The Hall–Kier alpha value is -5.43. The van der Waals surface area contributed by atoms with Crippen molar-refractivity contribution in [1.82, 2.24) is 15.2 Å². The molecule has 288 valence electrons. The largest absolute Gasteiger partial charge is 0.493 e. The molecule has 0 saturated carbocycles. The second-order valence-corrected chi connectivity index (χ2v) is 13.3. The van der Waals surface area contributed by atoms with Crippen LogP contribution < -0.4 is 20.5 Å². The molecular formula is C38H45ClN6O9. The first-order chi connectivity index (χ1) is 25.9. The summed E-state index contributed by atoms with van der Waals surface area (Å²) in [6.45, 7) is 1.92. The summed E-state index contributed by atoms with van der Waals surface area (Å²) in [7, 11) is 3.21. The Bertz CT molecular complexity index is 1820. The van der Waals surface area contributed by atoms with Crippen LogP contribution >= 0.6 is 11.6 Å². The van der Waals surface area contributed by atoms with Gasteiger partial charge in [-0.3, -0.25) is 9.59 Å². The van der Waals surface area contributed by atoms with Crippen molar-refractivity contribution in [2.45, 2.75) is 50.7 Å². The second kappa shape index (κ2) is 19.6. The average Bonchev–Trinajstić information content (AvgIpc) is 3.18. The number of hydrazone groups is 1. The molecule has 2 heterocycles. The van der Waals surface area contributed by atoms with E-state index in [4.69, 9.17) is 42.1 Å². The van der Waals surface area contributed by atoms with Gasteiger partial charge in [0, 0.05) is 49.7 Å². The Kier molecular flexibility index (Phi) is 15.0. The van der Waals surface area contributed by atoms with Crippen molar-refractivity contribution in [1.29, 1.82) is 5.26 Å². The molecule has 2 aromatic carbocycles. The summed E-state index contributed by atoms with van der Waals surface area (Å²) in [5.41, 5.74) is 8.51. The maximum Gasteiger partial charge on any atom is 0.328 e. The second-order valence-electron chi connectivity index (χ2n) is 12.9. The van der Waals surface area contributed by atoms with Crippen molar-refractivity contribution in [3.63, 3.8) is 0 Å². The smallest absolute Gasteiger partial charge is 0.328 e. The first-order valence-corrected chi connectivity index (χ1v) is 17.8. The number of anilines is 1. The van der Waals surface area contributed by atoms with Crippen LogP contribution in [0.1, 0.15) is 61.3 Å². The number of nitrogen functional groups attached to an aromatic ring is 1. The third-order valence-corrected chi connectivity index (χ3v) is 9.80. The number of piperidine rings is 1. The number of allylic oxidation sites excluding steroid dienone is 2. The van der Waals surface area contributed by atoms with Crippen LogP contribution in [0.2, 0.25) is 5.02 Å². The topological polar surface area (TPSA) is 228 Å². The standard InChI is InChI=1S/C34H41ClN6O5.C4H4O4/c1-45-29-10-9-21(18-30(29)46-2)33-25-6-3-4-7-26(25)34(44)41(39-33)24-11-14-40(15-12-24)31(43)8-5-13-38-20-28(42)22-16-23(19-36)32(37)27(35)17-22;5-3(6)1-2-4(7)8/h3-4,9-10,16-18,24-26,28,38,42H,5-8,11-15,20,37H2,1-2H3;1-2H,(H,5,6)(H,7,8)/t25-,26+,28?;/m0./s1. The molecule has 1 unspecified atom stereocenters. The lowest BCUT2D eigenvalue weighted by Crippen LogP contribution is -2.52. The third kappa shape index (κ3) is 10.6. The molecule has 3 atom stereocenters. The van der Waals surface area contributed by atoms with Gasteiger partial charge in [0.15, 0.2) is 11.5 Å². The summed E-state index contributed by atoms with van der Waals surface area (Å²) in [5, 5.41) is 45.4. The molecule has 15 nitrogen and oxygen atoms in total. The molecule has 2 amide bonds. The highest BCUT2D eigenvalue weighted by Gasteiger charge is 2.43. The number of aliphatic carboxylic acids is 2. The number of benzene rings is 2. The van der Waals surface area contributed by atoms with Crippen LogP contribution in [0.5, 0.6) is 11.5 Å². The monoisotopic (exact) mass is 764 g/mol. The summed E-state index contributed by atoms with van der Waals surface area (Å²) in [5.74, 6) is -1.29. The Labute approximate surface area is 318 Å². The number of aliphatic hydroxyl groups excluding tert-OH is 1. The maximum absolute atomic E-state index is 13.7. The van der Waals surface area contributed by atoms with Crippen LogP contribution in [0.3, 0.4) is 0 Å². The number of nitrogens with one attached hydrogen (secondary N) is 1. The summed E-state index contributed by atoms with van der Waals surface area (Å²) in [6.07, 6.45) is 8.21. The molecular weight excluding hydrogens is 720 g/mol. The van der Waals surface area contributed by atoms with E-state index < -0.39 is 18.0 Å². The number of carboxylic acids is 2. The average molecular weight is 765 g/mol.